The Morgan fingerprint density at radius 1 is 1.31 bits per heavy atom. The van der Waals surface area contributed by atoms with Crippen LogP contribution < -0.4 is 4.74 Å². The third-order valence-electron chi connectivity index (χ3n) is 1.59. The molecule has 0 N–H and O–H groups in total. The molecule has 70 valence electrons. The smallest absolute Gasteiger partial charge is 0.119 e. The standard InChI is InChI=1S/C11H13BrO/c1-2-3-10-4-6-11(7-5-10)13-9-8-12/h2-7H,8-9H2,1H3. The van der Waals surface area contributed by atoms with Crippen LogP contribution in [0.15, 0.2) is 30.3 Å². The van der Waals surface area contributed by atoms with Gasteiger partial charge < -0.3 is 4.74 Å². The van der Waals surface area contributed by atoms with Crippen LogP contribution in [0.1, 0.15) is 12.5 Å². The lowest BCUT2D eigenvalue weighted by Crippen LogP contribution is -1.97. The number of hydrogen-bond acceptors (Lipinski definition) is 1. The predicted octanol–water partition coefficient (Wildman–Crippen LogP) is 3.49. The number of halogens is 1. The summed E-state index contributed by atoms with van der Waals surface area (Å²) in [6.45, 7) is 2.72. The second-order valence-electron chi connectivity index (χ2n) is 2.61. The maximum atomic E-state index is 5.42. The Morgan fingerprint density at radius 3 is 2.54 bits per heavy atom. The molecule has 0 aliphatic carbocycles. The molecule has 0 saturated heterocycles. The first kappa shape index (κ1) is 10.3. The summed E-state index contributed by atoms with van der Waals surface area (Å²) >= 11 is 3.31. The molecule has 0 fully saturated rings. The van der Waals surface area contributed by atoms with E-state index in [4.69, 9.17) is 4.74 Å². The van der Waals surface area contributed by atoms with Gasteiger partial charge in [0.05, 0.1) is 6.61 Å². The number of rotatable bonds is 4. The van der Waals surface area contributed by atoms with E-state index in [2.05, 4.69) is 22.0 Å². The van der Waals surface area contributed by atoms with Gasteiger partial charge in [-0.3, -0.25) is 0 Å². The third-order valence-corrected chi connectivity index (χ3v) is 1.91. The molecule has 1 aromatic carbocycles. The summed E-state index contributed by atoms with van der Waals surface area (Å²) in [5.74, 6) is 0.924. The van der Waals surface area contributed by atoms with Crippen molar-refractivity contribution in [1.82, 2.24) is 0 Å². The lowest BCUT2D eigenvalue weighted by molar-refractivity contribution is 0.345. The van der Waals surface area contributed by atoms with E-state index in [1.54, 1.807) is 0 Å². The molecule has 1 rings (SSSR count). The second kappa shape index (κ2) is 5.81. The van der Waals surface area contributed by atoms with Crippen molar-refractivity contribution < 1.29 is 4.74 Å². The third kappa shape index (κ3) is 3.64. The molecule has 0 aliphatic rings. The Labute approximate surface area is 87.5 Å². The van der Waals surface area contributed by atoms with Crippen LogP contribution in [0.3, 0.4) is 0 Å². The summed E-state index contributed by atoms with van der Waals surface area (Å²) in [4.78, 5) is 0. The van der Waals surface area contributed by atoms with Crippen LogP contribution in [0.2, 0.25) is 0 Å². The van der Waals surface area contributed by atoms with Gasteiger partial charge in [0.1, 0.15) is 5.75 Å². The number of ether oxygens (including phenoxy) is 1. The minimum absolute atomic E-state index is 0.711. The number of alkyl halides is 1. The number of hydrogen-bond donors (Lipinski definition) is 0. The summed E-state index contributed by atoms with van der Waals surface area (Å²) in [6.07, 6.45) is 4.09. The van der Waals surface area contributed by atoms with Gasteiger partial charge in [0.15, 0.2) is 0 Å². The molecule has 13 heavy (non-hydrogen) atoms. The van der Waals surface area contributed by atoms with Gasteiger partial charge in [-0.25, -0.2) is 0 Å². The summed E-state index contributed by atoms with van der Waals surface area (Å²) in [5.41, 5.74) is 1.20. The monoisotopic (exact) mass is 240 g/mol. The van der Waals surface area contributed by atoms with Crippen LogP contribution in [0.5, 0.6) is 5.75 Å². The molecular weight excluding hydrogens is 228 g/mol. The topological polar surface area (TPSA) is 9.23 Å². The zero-order chi connectivity index (χ0) is 9.52. The highest BCUT2D eigenvalue weighted by Gasteiger charge is 1.91. The lowest BCUT2D eigenvalue weighted by Gasteiger charge is -2.03. The zero-order valence-electron chi connectivity index (χ0n) is 7.66. The molecule has 1 aromatic rings. The molecule has 0 saturated carbocycles. The van der Waals surface area contributed by atoms with Gasteiger partial charge in [-0.2, -0.15) is 0 Å². The molecule has 0 atom stereocenters. The molecule has 0 bridgehead atoms. The Balaban J connectivity index is 2.58. The van der Waals surface area contributed by atoms with Crippen molar-refractivity contribution in [2.75, 3.05) is 11.9 Å². The van der Waals surface area contributed by atoms with Crippen molar-refractivity contribution in [2.24, 2.45) is 0 Å². The normalized spacial score (nSPS) is 10.6. The minimum Gasteiger partial charge on any atom is -0.493 e. The average molecular weight is 241 g/mol. The fourth-order valence-corrected chi connectivity index (χ4v) is 1.19. The Bertz CT molecular complexity index is 264. The second-order valence-corrected chi connectivity index (χ2v) is 3.40. The van der Waals surface area contributed by atoms with Gasteiger partial charge in [-0.15, -0.1) is 0 Å². The fraction of sp³-hybridized carbons (Fsp3) is 0.273. The van der Waals surface area contributed by atoms with Gasteiger partial charge in [0.25, 0.3) is 0 Å². The van der Waals surface area contributed by atoms with Crippen LogP contribution in [-0.4, -0.2) is 11.9 Å². The van der Waals surface area contributed by atoms with Crippen LogP contribution in [0.25, 0.3) is 6.08 Å². The number of benzene rings is 1. The molecule has 0 heterocycles. The van der Waals surface area contributed by atoms with E-state index >= 15 is 0 Å². The molecule has 0 spiro atoms. The highest BCUT2D eigenvalue weighted by atomic mass is 79.9. The molecule has 2 heteroatoms. The molecule has 0 unspecified atom stereocenters. The van der Waals surface area contributed by atoms with Crippen molar-refractivity contribution in [1.29, 1.82) is 0 Å². The van der Waals surface area contributed by atoms with Crippen LogP contribution in [-0.2, 0) is 0 Å². The quantitative estimate of drug-likeness (QED) is 0.733. The first-order valence-corrected chi connectivity index (χ1v) is 5.40. The molecule has 0 aromatic heterocycles. The van der Waals surface area contributed by atoms with E-state index in [1.807, 2.05) is 37.3 Å². The van der Waals surface area contributed by atoms with E-state index in [0.717, 1.165) is 11.1 Å². The fourth-order valence-electron chi connectivity index (χ4n) is 1.02. The van der Waals surface area contributed by atoms with Crippen molar-refractivity contribution in [3.8, 4) is 5.75 Å². The SMILES string of the molecule is CC=Cc1ccc(OCCBr)cc1. The largest absolute Gasteiger partial charge is 0.493 e. The van der Waals surface area contributed by atoms with Crippen molar-refractivity contribution >= 4 is 22.0 Å². The molecular formula is C11H13BrO. The first-order chi connectivity index (χ1) is 6.36. The molecule has 0 radical (unpaired) electrons. The zero-order valence-corrected chi connectivity index (χ0v) is 9.25. The van der Waals surface area contributed by atoms with Gasteiger partial charge in [0.2, 0.25) is 0 Å². The Hall–Kier alpha value is -0.760. The maximum absolute atomic E-state index is 5.42. The van der Waals surface area contributed by atoms with Crippen LogP contribution in [0.4, 0.5) is 0 Å². The lowest BCUT2D eigenvalue weighted by atomic mass is 10.2. The van der Waals surface area contributed by atoms with Gasteiger partial charge in [-0.05, 0) is 24.6 Å². The molecule has 0 aliphatic heterocycles. The van der Waals surface area contributed by atoms with Gasteiger partial charge in [-0.1, -0.05) is 40.2 Å². The van der Waals surface area contributed by atoms with Crippen molar-refractivity contribution in [3.05, 3.63) is 35.9 Å². The van der Waals surface area contributed by atoms with E-state index in [0.29, 0.717) is 6.61 Å². The summed E-state index contributed by atoms with van der Waals surface area (Å²) in [5, 5.41) is 0.865. The van der Waals surface area contributed by atoms with E-state index < -0.39 is 0 Å². The highest BCUT2D eigenvalue weighted by molar-refractivity contribution is 9.09. The van der Waals surface area contributed by atoms with Crippen molar-refractivity contribution in [3.63, 3.8) is 0 Å². The van der Waals surface area contributed by atoms with Gasteiger partial charge in [0, 0.05) is 5.33 Å². The maximum Gasteiger partial charge on any atom is 0.119 e. The number of allylic oxidation sites excluding steroid dienone is 1. The minimum atomic E-state index is 0.711. The predicted molar refractivity (Wildman–Crippen MR) is 60.4 cm³/mol. The van der Waals surface area contributed by atoms with Crippen LogP contribution in [0, 0.1) is 0 Å². The molecule has 1 nitrogen and oxygen atoms in total. The first-order valence-electron chi connectivity index (χ1n) is 4.28. The van der Waals surface area contributed by atoms with Crippen LogP contribution >= 0.6 is 15.9 Å². The Morgan fingerprint density at radius 2 is 2.00 bits per heavy atom. The van der Waals surface area contributed by atoms with Gasteiger partial charge >= 0.3 is 0 Å². The molecule has 0 amide bonds. The summed E-state index contributed by atoms with van der Waals surface area (Å²) in [6, 6.07) is 8.06. The van der Waals surface area contributed by atoms with E-state index in [1.165, 1.54) is 5.56 Å². The summed E-state index contributed by atoms with van der Waals surface area (Å²) in [7, 11) is 0. The van der Waals surface area contributed by atoms with E-state index in [-0.39, 0.29) is 0 Å². The average Bonchev–Trinajstić information content (AvgIpc) is 2.17. The van der Waals surface area contributed by atoms with E-state index in [9.17, 15) is 0 Å². The summed E-state index contributed by atoms with van der Waals surface area (Å²) < 4.78 is 5.42. The highest BCUT2D eigenvalue weighted by Crippen LogP contribution is 2.13. The van der Waals surface area contributed by atoms with Crippen molar-refractivity contribution in [2.45, 2.75) is 6.92 Å². The Kier molecular flexibility index (Phi) is 4.61.